The second-order valence-corrected chi connectivity index (χ2v) is 5.64. The van der Waals surface area contributed by atoms with Crippen molar-refractivity contribution in [3.63, 3.8) is 0 Å². The smallest absolute Gasteiger partial charge is 0.154 e. The predicted molar refractivity (Wildman–Crippen MR) is 76.8 cm³/mol. The molecular weight excluding hydrogens is 262 g/mol. The summed E-state index contributed by atoms with van der Waals surface area (Å²) in [7, 11) is 0. The standard InChI is InChI=1S/C15H20ClNO2/c1-3-9(2)14(17)13(18)8-11-7-12(16)6-10-4-5-19-15(10)11/h6-7,9,14H,3-5,8,17H2,1-2H3. The van der Waals surface area contributed by atoms with E-state index in [0.29, 0.717) is 18.1 Å². The molecule has 1 aliphatic rings. The molecule has 1 aromatic carbocycles. The maximum absolute atomic E-state index is 12.2. The fourth-order valence-electron chi connectivity index (χ4n) is 2.35. The van der Waals surface area contributed by atoms with E-state index in [0.717, 1.165) is 29.7 Å². The molecule has 0 fully saturated rings. The lowest BCUT2D eigenvalue weighted by atomic mass is 9.92. The Hall–Kier alpha value is -1.06. The Labute approximate surface area is 119 Å². The number of nitrogens with two attached hydrogens (primary N) is 1. The van der Waals surface area contributed by atoms with Crippen LogP contribution in [0.5, 0.6) is 5.75 Å². The Morgan fingerprint density at radius 3 is 2.95 bits per heavy atom. The van der Waals surface area contributed by atoms with Crippen LogP contribution in [0.15, 0.2) is 12.1 Å². The van der Waals surface area contributed by atoms with Crippen LogP contribution < -0.4 is 10.5 Å². The zero-order valence-corrected chi connectivity index (χ0v) is 12.2. The molecule has 0 spiro atoms. The molecule has 1 aliphatic heterocycles. The average Bonchev–Trinajstić information content (AvgIpc) is 2.84. The van der Waals surface area contributed by atoms with E-state index in [1.54, 1.807) is 0 Å². The molecule has 0 aliphatic carbocycles. The van der Waals surface area contributed by atoms with Gasteiger partial charge in [-0.3, -0.25) is 4.79 Å². The molecule has 3 nitrogen and oxygen atoms in total. The molecule has 2 unspecified atom stereocenters. The Bertz CT molecular complexity index is 487. The topological polar surface area (TPSA) is 52.3 Å². The van der Waals surface area contributed by atoms with Crippen molar-refractivity contribution in [3.8, 4) is 5.75 Å². The number of ketones is 1. The van der Waals surface area contributed by atoms with Gasteiger partial charge in [0.15, 0.2) is 5.78 Å². The van der Waals surface area contributed by atoms with Crippen molar-refractivity contribution in [2.45, 2.75) is 39.2 Å². The summed E-state index contributed by atoms with van der Waals surface area (Å²) in [6.45, 7) is 4.70. The summed E-state index contributed by atoms with van der Waals surface area (Å²) in [5.74, 6) is 1.07. The zero-order valence-electron chi connectivity index (χ0n) is 11.4. The van der Waals surface area contributed by atoms with Gasteiger partial charge < -0.3 is 10.5 Å². The molecule has 0 saturated heterocycles. The lowest BCUT2D eigenvalue weighted by Gasteiger charge is -2.17. The van der Waals surface area contributed by atoms with Crippen molar-refractivity contribution in [1.29, 1.82) is 0 Å². The highest BCUT2D eigenvalue weighted by atomic mass is 35.5. The van der Waals surface area contributed by atoms with Gasteiger partial charge in [0.25, 0.3) is 0 Å². The van der Waals surface area contributed by atoms with Crippen molar-refractivity contribution < 1.29 is 9.53 Å². The van der Waals surface area contributed by atoms with Crippen LogP contribution in [-0.4, -0.2) is 18.4 Å². The first-order valence-electron chi connectivity index (χ1n) is 6.75. The number of carbonyl (C=O) groups excluding carboxylic acids is 1. The summed E-state index contributed by atoms with van der Waals surface area (Å²) in [6.07, 6.45) is 2.06. The Balaban J connectivity index is 2.18. The molecule has 1 aromatic rings. The molecule has 0 bridgehead atoms. The first kappa shape index (κ1) is 14.4. The Morgan fingerprint density at radius 2 is 2.26 bits per heavy atom. The lowest BCUT2D eigenvalue weighted by molar-refractivity contribution is -0.120. The fraction of sp³-hybridized carbons (Fsp3) is 0.533. The van der Waals surface area contributed by atoms with E-state index < -0.39 is 6.04 Å². The van der Waals surface area contributed by atoms with Gasteiger partial charge in [-0.25, -0.2) is 0 Å². The largest absolute Gasteiger partial charge is 0.493 e. The number of benzene rings is 1. The van der Waals surface area contributed by atoms with Gasteiger partial charge in [0, 0.05) is 23.4 Å². The minimum Gasteiger partial charge on any atom is -0.493 e. The van der Waals surface area contributed by atoms with E-state index in [1.807, 2.05) is 26.0 Å². The van der Waals surface area contributed by atoms with E-state index >= 15 is 0 Å². The second-order valence-electron chi connectivity index (χ2n) is 5.21. The summed E-state index contributed by atoms with van der Waals surface area (Å²) in [6, 6.07) is 3.31. The average molecular weight is 282 g/mol. The SMILES string of the molecule is CCC(C)C(N)C(=O)Cc1cc(Cl)cc2c1OCC2. The van der Waals surface area contributed by atoms with Crippen LogP contribution in [0.1, 0.15) is 31.4 Å². The first-order chi connectivity index (χ1) is 9.02. The third kappa shape index (κ3) is 3.10. The van der Waals surface area contributed by atoms with Gasteiger partial charge in [-0.05, 0) is 23.6 Å². The number of rotatable bonds is 5. The van der Waals surface area contributed by atoms with Gasteiger partial charge in [-0.1, -0.05) is 31.9 Å². The third-order valence-corrected chi connectivity index (χ3v) is 4.04. The van der Waals surface area contributed by atoms with E-state index in [2.05, 4.69) is 0 Å². The molecule has 2 atom stereocenters. The highest BCUT2D eigenvalue weighted by molar-refractivity contribution is 6.30. The number of halogens is 1. The third-order valence-electron chi connectivity index (χ3n) is 3.82. The van der Waals surface area contributed by atoms with Crippen LogP contribution in [0.25, 0.3) is 0 Å². The monoisotopic (exact) mass is 281 g/mol. The minimum atomic E-state index is -0.416. The first-order valence-corrected chi connectivity index (χ1v) is 7.13. The Morgan fingerprint density at radius 1 is 1.53 bits per heavy atom. The number of fused-ring (bicyclic) bond motifs is 1. The normalized spacial score (nSPS) is 16.6. The van der Waals surface area contributed by atoms with Crippen molar-refractivity contribution in [2.75, 3.05) is 6.61 Å². The maximum atomic E-state index is 12.2. The lowest BCUT2D eigenvalue weighted by Crippen LogP contribution is -2.37. The van der Waals surface area contributed by atoms with E-state index in [4.69, 9.17) is 22.1 Å². The predicted octanol–water partition coefficient (Wildman–Crippen LogP) is 2.76. The van der Waals surface area contributed by atoms with Gasteiger partial charge in [0.1, 0.15) is 5.75 Å². The summed E-state index contributed by atoms with van der Waals surface area (Å²) in [5, 5.41) is 0.657. The summed E-state index contributed by atoms with van der Waals surface area (Å²) in [4.78, 5) is 12.2. The summed E-state index contributed by atoms with van der Waals surface area (Å²) in [5.41, 5.74) is 7.93. The number of hydrogen-bond donors (Lipinski definition) is 1. The zero-order chi connectivity index (χ0) is 14.0. The molecule has 0 amide bonds. The van der Waals surface area contributed by atoms with Gasteiger partial charge in [0.05, 0.1) is 12.6 Å². The number of carbonyl (C=O) groups is 1. The molecule has 2 rings (SSSR count). The highest BCUT2D eigenvalue weighted by Crippen LogP contribution is 2.33. The molecule has 0 radical (unpaired) electrons. The fourth-order valence-corrected chi connectivity index (χ4v) is 2.62. The number of ether oxygens (including phenoxy) is 1. The number of hydrogen-bond acceptors (Lipinski definition) is 3. The summed E-state index contributed by atoms with van der Waals surface area (Å²) >= 11 is 6.08. The molecule has 19 heavy (non-hydrogen) atoms. The van der Waals surface area contributed by atoms with Crippen LogP contribution >= 0.6 is 11.6 Å². The minimum absolute atomic E-state index is 0.0503. The van der Waals surface area contributed by atoms with Gasteiger partial charge in [0.2, 0.25) is 0 Å². The molecule has 0 aromatic heterocycles. The molecule has 2 N–H and O–H groups in total. The van der Waals surface area contributed by atoms with Crippen molar-refractivity contribution in [2.24, 2.45) is 11.7 Å². The van der Waals surface area contributed by atoms with Gasteiger partial charge in [-0.2, -0.15) is 0 Å². The highest BCUT2D eigenvalue weighted by Gasteiger charge is 2.23. The second kappa shape index (κ2) is 5.93. The van der Waals surface area contributed by atoms with E-state index in [-0.39, 0.29) is 11.7 Å². The van der Waals surface area contributed by atoms with Crippen molar-refractivity contribution in [3.05, 3.63) is 28.3 Å². The van der Waals surface area contributed by atoms with Crippen LogP contribution in [0.2, 0.25) is 5.02 Å². The van der Waals surface area contributed by atoms with Crippen LogP contribution in [0.4, 0.5) is 0 Å². The molecule has 104 valence electrons. The quantitative estimate of drug-likeness (QED) is 0.903. The van der Waals surface area contributed by atoms with E-state index in [9.17, 15) is 4.79 Å². The van der Waals surface area contributed by atoms with Gasteiger partial charge in [-0.15, -0.1) is 0 Å². The van der Waals surface area contributed by atoms with Crippen molar-refractivity contribution >= 4 is 17.4 Å². The Kier molecular flexibility index (Phi) is 4.48. The van der Waals surface area contributed by atoms with Crippen molar-refractivity contribution in [1.82, 2.24) is 0 Å². The molecule has 1 heterocycles. The molecule has 4 heteroatoms. The van der Waals surface area contributed by atoms with Crippen LogP contribution in [0.3, 0.4) is 0 Å². The van der Waals surface area contributed by atoms with Crippen LogP contribution in [0, 0.1) is 5.92 Å². The maximum Gasteiger partial charge on any atom is 0.154 e. The molecular formula is C15H20ClNO2. The van der Waals surface area contributed by atoms with E-state index in [1.165, 1.54) is 0 Å². The van der Waals surface area contributed by atoms with Crippen LogP contribution in [-0.2, 0) is 17.6 Å². The molecule has 0 saturated carbocycles. The summed E-state index contributed by atoms with van der Waals surface area (Å²) < 4.78 is 5.60. The number of Topliss-reactive ketones (excluding diaryl/α,β-unsaturated/α-hetero) is 1. The van der Waals surface area contributed by atoms with Gasteiger partial charge >= 0.3 is 0 Å².